The van der Waals surface area contributed by atoms with Crippen LogP contribution in [-0.4, -0.2) is 4.98 Å². The minimum Gasteiger partial charge on any atom is -0.438 e. The van der Waals surface area contributed by atoms with Crippen molar-refractivity contribution in [3.63, 3.8) is 0 Å². The number of rotatable bonds is 2. The van der Waals surface area contributed by atoms with E-state index in [0.29, 0.717) is 17.2 Å². The van der Waals surface area contributed by atoms with Crippen molar-refractivity contribution >= 4 is 0 Å². The highest BCUT2D eigenvalue weighted by Gasteiger charge is 2.05. The molecule has 2 rings (SSSR count). The smallest absolute Gasteiger partial charge is 0.237 e. The van der Waals surface area contributed by atoms with E-state index < -0.39 is 0 Å². The lowest BCUT2D eigenvalue weighted by Gasteiger charge is -2.07. The number of aryl methyl sites for hydroxylation is 2. The molecule has 0 aliphatic rings. The van der Waals surface area contributed by atoms with Crippen LogP contribution in [0.3, 0.4) is 0 Å². The summed E-state index contributed by atoms with van der Waals surface area (Å²) in [7, 11) is 0. The van der Waals surface area contributed by atoms with Gasteiger partial charge in [0.1, 0.15) is 17.4 Å². The van der Waals surface area contributed by atoms with E-state index in [0.717, 1.165) is 11.1 Å². The molecule has 2 aromatic rings. The van der Waals surface area contributed by atoms with E-state index in [1.54, 1.807) is 18.3 Å². The zero-order valence-corrected chi connectivity index (χ0v) is 9.77. The molecule has 84 valence electrons. The highest BCUT2D eigenvalue weighted by Crippen LogP contribution is 2.24. The molecule has 0 N–H and O–H groups in total. The van der Waals surface area contributed by atoms with Gasteiger partial charge in [-0.15, -0.1) is 0 Å². The van der Waals surface area contributed by atoms with Crippen molar-refractivity contribution in [2.45, 2.75) is 13.8 Å². The first-order valence-corrected chi connectivity index (χ1v) is 5.30. The topological polar surface area (TPSA) is 45.9 Å². The molecule has 0 fully saturated rings. The molecule has 0 aliphatic carbocycles. The molecule has 0 bridgehead atoms. The van der Waals surface area contributed by atoms with Crippen LogP contribution >= 0.6 is 0 Å². The minimum absolute atomic E-state index is 0.347. The molecule has 3 nitrogen and oxygen atoms in total. The molecule has 1 aromatic carbocycles. The maximum absolute atomic E-state index is 8.94. The van der Waals surface area contributed by atoms with Crippen molar-refractivity contribution in [2.75, 3.05) is 0 Å². The van der Waals surface area contributed by atoms with Gasteiger partial charge in [-0.25, -0.2) is 4.98 Å². The van der Waals surface area contributed by atoms with E-state index in [1.165, 1.54) is 0 Å². The maximum Gasteiger partial charge on any atom is 0.237 e. The molecule has 0 saturated heterocycles. The SMILES string of the molecule is Cc1cc(C)cc(Oc2ncccc2C#N)c1. The average molecular weight is 224 g/mol. The summed E-state index contributed by atoms with van der Waals surface area (Å²) < 4.78 is 5.63. The van der Waals surface area contributed by atoms with Crippen LogP contribution in [0.4, 0.5) is 0 Å². The van der Waals surface area contributed by atoms with Gasteiger partial charge < -0.3 is 4.74 Å². The Kier molecular flexibility index (Phi) is 3.06. The molecule has 0 atom stereocenters. The second-order valence-corrected chi connectivity index (χ2v) is 3.89. The molecule has 0 amide bonds. The number of nitriles is 1. The number of hydrogen-bond donors (Lipinski definition) is 0. The predicted molar refractivity (Wildman–Crippen MR) is 64.9 cm³/mol. The number of benzene rings is 1. The Morgan fingerprint density at radius 3 is 2.53 bits per heavy atom. The third kappa shape index (κ3) is 2.61. The zero-order chi connectivity index (χ0) is 12.3. The first-order valence-electron chi connectivity index (χ1n) is 5.30. The highest BCUT2D eigenvalue weighted by atomic mass is 16.5. The van der Waals surface area contributed by atoms with Crippen LogP contribution in [0.2, 0.25) is 0 Å². The van der Waals surface area contributed by atoms with Crippen LogP contribution in [0.5, 0.6) is 11.6 Å². The molecule has 1 aromatic heterocycles. The Labute approximate surface area is 100 Å². The summed E-state index contributed by atoms with van der Waals surface area (Å²) >= 11 is 0. The summed E-state index contributed by atoms with van der Waals surface area (Å²) in [5.74, 6) is 1.05. The van der Waals surface area contributed by atoms with Crippen molar-refractivity contribution < 1.29 is 4.74 Å². The molecule has 17 heavy (non-hydrogen) atoms. The molecular formula is C14H12N2O. The zero-order valence-electron chi connectivity index (χ0n) is 9.77. The molecule has 0 unspecified atom stereocenters. The second kappa shape index (κ2) is 4.67. The number of aromatic nitrogens is 1. The van der Waals surface area contributed by atoms with E-state index in [9.17, 15) is 0 Å². The van der Waals surface area contributed by atoms with Crippen LogP contribution in [0, 0.1) is 25.2 Å². The fraction of sp³-hybridized carbons (Fsp3) is 0.143. The molecule has 3 heteroatoms. The van der Waals surface area contributed by atoms with Crippen molar-refractivity contribution in [3.8, 4) is 17.7 Å². The summed E-state index contributed by atoms with van der Waals surface area (Å²) in [6, 6.07) is 11.4. The van der Waals surface area contributed by atoms with Gasteiger partial charge in [0.25, 0.3) is 0 Å². The van der Waals surface area contributed by atoms with E-state index >= 15 is 0 Å². The largest absolute Gasteiger partial charge is 0.438 e. The lowest BCUT2D eigenvalue weighted by Crippen LogP contribution is -1.92. The maximum atomic E-state index is 8.94. The summed E-state index contributed by atoms with van der Waals surface area (Å²) in [5, 5.41) is 8.94. The third-order valence-corrected chi connectivity index (χ3v) is 2.30. The van der Waals surface area contributed by atoms with Gasteiger partial charge in [-0.05, 0) is 49.2 Å². The fourth-order valence-corrected chi connectivity index (χ4v) is 1.66. The van der Waals surface area contributed by atoms with E-state index in [2.05, 4.69) is 17.1 Å². The van der Waals surface area contributed by atoms with E-state index in [-0.39, 0.29) is 0 Å². The predicted octanol–water partition coefficient (Wildman–Crippen LogP) is 3.36. The van der Waals surface area contributed by atoms with Crippen molar-refractivity contribution in [1.82, 2.24) is 4.98 Å². The summed E-state index contributed by atoms with van der Waals surface area (Å²) in [5.41, 5.74) is 2.68. The molecule has 1 heterocycles. The van der Waals surface area contributed by atoms with Gasteiger partial charge in [0.2, 0.25) is 5.88 Å². The third-order valence-electron chi connectivity index (χ3n) is 2.30. The monoisotopic (exact) mass is 224 g/mol. The Hall–Kier alpha value is -2.34. The van der Waals surface area contributed by atoms with Gasteiger partial charge in [-0.3, -0.25) is 0 Å². The summed E-state index contributed by atoms with van der Waals surface area (Å²) in [6.07, 6.45) is 1.61. The minimum atomic E-state index is 0.347. The van der Waals surface area contributed by atoms with Gasteiger partial charge in [-0.1, -0.05) is 6.07 Å². The Morgan fingerprint density at radius 1 is 1.18 bits per heavy atom. The quantitative estimate of drug-likeness (QED) is 0.785. The van der Waals surface area contributed by atoms with Crippen molar-refractivity contribution in [2.24, 2.45) is 0 Å². The number of hydrogen-bond acceptors (Lipinski definition) is 3. The van der Waals surface area contributed by atoms with Crippen LogP contribution < -0.4 is 4.74 Å². The summed E-state index contributed by atoms with van der Waals surface area (Å²) in [4.78, 5) is 4.06. The van der Waals surface area contributed by atoms with Crippen molar-refractivity contribution in [3.05, 3.63) is 53.2 Å². The van der Waals surface area contributed by atoms with Gasteiger partial charge in [0.05, 0.1) is 0 Å². The van der Waals surface area contributed by atoms with Gasteiger partial charge in [0, 0.05) is 6.20 Å². The van der Waals surface area contributed by atoms with E-state index in [1.807, 2.05) is 26.0 Å². The lowest BCUT2D eigenvalue weighted by atomic mass is 10.1. The molecule has 0 spiro atoms. The fourth-order valence-electron chi connectivity index (χ4n) is 1.66. The van der Waals surface area contributed by atoms with Crippen LogP contribution in [-0.2, 0) is 0 Å². The first-order chi connectivity index (χ1) is 8.19. The van der Waals surface area contributed by atoms with Gasteiger partial charge in [-0.2, -0.15) is 5.26 Å². The Bertz CT molecular complexity index is 565. The summed E-state index contributed by atoms with van der Waals surface area (Å²) in [6.45, 7) is 4.01. The van der Waals surface area contributed by atoms with Gasteiger partial charge in [0.15, 0.2) is 0 Å². The molecule has 0 aliphatic heterocycles. The van der Waals surface area contributed by atoms with Crippen LogP contribution in [0.25, 0.3) is 0 Å². The first kappa shape index (κ1) is 11.2. The number of pyridine rings is 1. The van der Waals surface area contributed by atoms with Crippen LogP contribution in [0.15, 0.2) is 36.5 Å². The standard InChI is InChI=1S/C14H12N2O/c1-10-6-11(2)8-13(7-10)17-14-12(9-15)4-3-5-16-14/h3-8H,1-2H3. The lowest BCUT2D eigenvalue weighted by molar-refractivity contribution is 0.460. The van der Waals surface area contributed by atoms with Crippen LogP contribution in [0.1, 0.15) is 16.7 Å². The molecule has 0 saturated carbocycles. The highest BCUT2D eigenvalue weighted by molar-refractivity contribution is 5.41. The average Bonchev–Trinajstić information content (AvgIpc) is 2.28. The Morgan fingerprint density at radius 2 is 1.88 bits per heavy atom. The Balaban J connectivity index is 2.35. The number of ether oxygens (including phenoxy) is 1. The number of nitrogens with zero attached hydrogens (tertiary/aromatic N) is 2. The van der Waals surface area contributed by atoms with E-state index in [4.69, 9.17) is 10.00 Å². The molecule has 0 radical (unpaired) electrons. The molecular weight excluding hydrogens is 212 g/mol. The van der Waals surface area contributed by atoms with Gasteiger partial charge >= 0.3 is 0 Å². The normalized spacial score (nSPS) is 9.71. The van der Waals surface area contributed by atoms with Crippen molar-refractivity contribution in [1.29, 1.82) is 5.26 Å². The second-order valence-electron chi connectivity index (χ2n) is 3.89.